The summed E-state index contributed by atoms with van der Waals surface area (Å²) in [4.78, 5) is 10.9. The summed E-state index contributed by atoms with van der Waals surface area (Å²) in [6.07, 6.45) is 1.09. The van der Waals surface area contributed by atoms with E-state index >= 15 is 0 Å². The molecule has 0 bridgehead atoms. The topological polar surface area (TPSA) is 46.5 Å². The summed E-state index contributed by atoms with van der Waals surface area (Å²) in [6, 6.07) is 10.8. The number of rotatable bonds is 5. The number of carboxylic acids is 1. The predicted molar refractivity (Wildman–Crippen MR) is 75.9 cm³/mol. The highest BCUT2D eigenvalue weighted by molar-refractivity contribution is 5.94. The Bertz CT molecular complexity index is 590. The largest absolute Gasteiger partial charge is 0.493 e. The van der Waals surface area contributed by atoms with Gasteiger partial charge < -0.3 is 9.84 Å². The normalized spacial score (nSPS) is 12.3. The lowest BCUT2D eigenvalue weighted by atomic mass is 10.1. The summed E-state index contributed by atoms with van der Waals surface area (Å²) in [6.45, 7) is 5.00. The van der Waals surface area contributed by atoms with Crippen LogP contribution in [-0.4, -0.2) is 17.7 Å². The van der Waals surface area contributed by atoms with Crippen LogP contribution in [0.1, 0.15) is 30.6 Å². The molecule has 0 aliphatic heterocycles. The number of carboxylic acid groups (broad SMARTS) is 1. The van der Waals surface area contributed by atoms with Gasteiger partial charge in [0.15, 0.2) is 0 Å². The molecule has 0 spiro atoms. The quantitative estimate of drug-likeness (QED) is 0.882. The molecular weight excluding hydrogens is 240 g/mol. The van der Waals surface area contributed by atoms with E-state index in [0.29, 0.717) is 18.1 Å². The van der Waals surface area contributed by atoms with E-state index in [-0.39, 0.29) is 0 Å². The molecule has 2 aromatic carbocycles. The van der Waals surface area contributed by atoms with Crippen LogP contribution >= 0.6 is 0 Å². The third-order valence-corrected chi connectivity index (χ3v) is 3.29. The first-order valence-electron chi connectivity index (χ1n) is 6.50. The van der Waals surface area contributed by atoms with E-state index in [9.17, 15) is 4.79 Å². The summed E-state index contributed by atoms with van der Waals surface area (Å²) in [5.74, 6) is 0.458. The molecule has 1 N–H and O–H groups in total. The van der Waals surface area contributed by atoms with Crippen LogP contribution in [0.5, 0.6) is 5.75 Å². The zero-order valence-electron chi connectivity index (χ0n) is 11.2. The second-order valence-electron chi connectivity index (χ2n) is 4.85. The monoisotopic (exact) mass is 258 g/mol. The lowest BCUT2D eigenvalue weighted by molar-refractivity contribution is 0.0697. The smallest absolute Gasteiger partial charge is 0.335 e. The molecule has 100 valence electrons. The van der Waals surface area contributed by atoms with Gasteiger partial charge in [0.2, 0.25) is 0 Å². The minimum Gasteiger partial charge on any atom is -0.493 e. The third-order valence-electron chi connectivity index (χ3n) is 3.29. The molecule has 0 saturated heterocycles. The molecular formula is C16H18O3. The van der Waals surface area contributed by atoms with Crippen molar-refractivity contribution in [2.75, 3.05) is 6.61 Å². The van der Waals surface area contributed by atoms with Gasteiger partial charge in [0.1, 0.15) is 5.75 Å². The molecule has 0 aromatic heterocycles. The van der Waals surface area contributed by atoms with Crippen LogP contribution in [-0.2, 0) is 0 Å². The Kier molecular flexibility index (Phi) is 4.05. The van der Waals surface area contributed by atoms with E-state index in [1.54, 1.807) is 12.1 Å². The molecule has 1 unspecified atom stereocenters. The summed E-state index contributed by atoms with van der Waals surface area (Å²) >= 11 is 0. The first-order valence-corrected chi connectivity index (χ1v) is 6.50. The Labute approximate surface area is 112 Å². The molecule has 1 atom stereocenters. The Balaban J connectivity index is 2.21. The van der Waals surface area contributed by atoms with Gasteiger partial charge in [-0.15, -0.1) is 0 Å². The number of carbonyl (C=O) groups is 1. The maximum atomic E-state index is 10.9. The maximum Gasteiger partial charge on any atom is 0.335 e. The highest BCUT2D eigenvalue weighted by Crippen LogP contribution is 2.22. The van der Waals surface area contributed by atoms with Crippen molar-refractivity contribution in [2.24, 2.45) is 5.92 Å². The van der Waals surface area contributed by atoms with Crippen molar-refractivity contribution < 1.29 is 14.6 Å². The molecule has 0 aliphatic carbocycles. The molecule has 0 heterocycles. The fraction of sp³-hybridized carbons (Fsp3) is 0.312. The van der Waals surface area contributed by atoms with Gasteiger partial charge in [-0.25, -0.2) is 4.79 Å². The fourth-order valence-corrected chi connectivity index (χ4v) is 1.80. The van der Waals surface area contributed by atoms with E-state index in [2.05, 4.69) is 13.8 Å². The number of hydrogen-bond donors (Lipinski definition) is 1. The first-order chi connectivity index (χ1) is 9.10. The number of ether oxygens (including phenoxy) is 1. The van der Waals surface area contributed by atoms with Crippen LogP contribution in [0, 0.1) is 5.92 Å². The van der Waals surface area contributed by atoms with Gasteiger partial charge in [0.25, 0.3) is 0 Å². The molecule has 3 nitrogen and oxygen atoms in total. The molecule has 3 heteroatoms. The molecule has 2 rings (SSSR count). The van der Waals surface area contributed by atoms with Crippen LogP contribution in [0.4, 0.5) is 0 Å². The second kappa shape index (κ2) is 5.74. The standard InChI is InChI=1S/C16H18O3/c1-3-11(2)10-19-15-7-6-12-8-14(16(17)18)5-4-13(12)9-15/h4-9,11H,3,10H2,1-2H3,(H,17,18). The van der Waals surface area contributed by atoms with Crippen LogP contribution in [0.25, 0.3) is 10.8 Å². The minimum absolute atomic E-state index is 0.306. The van der Waals surface area contributed by atoms with Gasteiger partial charge in [-0.3, -0.25) is 0 Å². The minimum atomic E-state index is -0.904. The van der Waals surface area contributed by atoms with Crippen molar-refractivity contribution in [3.8, 4) is 5.75 Å². The summed E-state index contributed by atoms with van der Waals surface area (Å²) in [5.41, 5.74) is 0.306. The molecule has 0 fully saturated rings. The second-order valence-corrected chi connectivity index (χ2v) is 4.85. The first kappa shape index (κ1) is 13.4. The van der Waals surface area contributed by atoms with Crippen molar-refractivity contribution in [1.29, 1.82) is 0 Å². The number of aromatic carboxylic acids is 1. The highest BCUT2D eigenvalue weighted by Gasteiger charge is 2.05. The molecule has 0 aliphatic rings. The fourth-order valence-electron chi connectivity index (χ4n) is 1.80. The van der Waals surface area contributed by atoms with Crippen LogP contribution in [0.3, 0.4) is 0 Å². The average molecular weight is 258 g/mol. The predicted octanol–water partition coefficient (Wildman–Crippen LogP) is 3.96. The van der Waals surface area contributed by atoms with Crippen LogP contribution in [0.2, 0.25) is 0 Å². The maximum absolute atomic E-state index is 10.9. The molecule has 0 amide bonds. The Morgan fingerprint density at radius 1 is 1.21 bits per heavy atom. The Hall–Kier alpha value is -2.03. The zero-order valence-corrected chi connectivity index (χ0v) is 11.2. The highest BCUT2D eigenvalue weighted by atomic mass is 16.5. The molecule has 0 radical (unpaired) electrons. The van der Waals surface area contributed by atoms with Gasteiger partial charge in [-0.2, -0.15) is 0 Å². The lowest BCUT2D eigenvalue weighted by Gasteiger charge is -2.11. The van der Waals surface area contributed by atoms with Crippen LogP contribution in [0.15, 0.2) is 36.4 Å². The van der Waals surface area contributed by atoms with Gasteiger partial charge in [-0.05, 0) is 41.0 Å². The van der Waals surface area contributed by atoms with Crippen molar-refractivity contribution in [2.45, 2.75) is 20.3 Å². The number of fused-ring (bicyclic) bond motifs is 1. The van der Waals surface area contributed by atoms with E-state index < -0.39 is 5.97 Å². The van der Waals surface area contributed by atoms with E-state index in [4.69, 9.17) is 9.84 Å². The van der Waals surface area contributed by atoms with E-state index in [1.165, 1.54) is 0 Å². The van der Waals surface area contributed by atoms with Crippen molar-refractivity contribution in [3.63, 3.8) is 0 Å². The molecule has 2 aromatic rings. The number of hydrogen-bond acceptors (Lipinski definition) is 2. The summed E-state index contributed by atoms with van der Waals surface area (Å²) in [5, 5.41) is 10.9. The van der Waals surface area contributed by atoms with Crippen molar-refractivity contribution >= 4 is 16.7 Å². The summed E-state index contributed by atoms with van der Waals surface area (Å²) in [7, 11) is 0. The van der Waals surface area contributed by atoms with Gasteiger partial charge in [-0.1, -0.05) is 32.4 Å². The van der Waals surface area contributed by atoms with E-state index in [1.807, 2.05) is 24.3 Å². The van der Waals surface area contributed by atoms with Crippen molar-refractivity contribution in [1.82, 2.24) is 0 Å². The molecule has 0 saturated carbocycles. The Morgan fingerprint density at radius 2 is 1.89 bits per heavy atom. The average Bonchev–Trinajstić information content (AvgIpc) is 2.43. The molecule has 19 heavy (non-hydrogen) atoms. The van der Waals surface area contributed by atoms with Crippen LogP contribution < -0.4 is 4.74 Å². The zero-order chi connectivity index (χ0) is 13.8. The van der Waals surface area contributed by atoms with E-state index in [0.717, 1.165) is 22.9 Å². The summed E-state index contributed by atoms with van der Waals surface area (Å²) < 4.78 is 5.73. The number of benzene rings is 2. The Morgan fingerprint density at radius 3 is 2.58 bits per heavy atom. The van der Waals surface area contributed by atoms with Gasteiger partial charge in [0, 0.05) is 0 Å². The third kappa shape index (κ3) is 3.25. The van der Waals surface area contributed by atoms with Gasteiger partial charge >= 0.3 is 5.97 Å². The SMILES string of the molecule is CCC(C)COc1ccc2cc(C(=O)O)ccc2c1. The lowest BCUT2D eigenvalue weighted by Crippen LogP contribution is -2.07. The van der Waals surface area contributed by atoms with Gasteiger partial charge in [0.05, 0.1) is 12.2 Å². The van der Waals surface area contributed by atoms with Crippen molar-refractivity contribution in [3.05, 3.63) is 42.0 Å².